The smallest absolute Gasteiger partial charge is 0.337 e. The number of hydrogen-bond acceptors (Lipinski definition) is 9. The van der Waals surface area contributed by atoms with Crippen molar-refractivity contribution in [2.24, 2.45) is 5.16 Å². The van der Waals surface area contributed by atoms with E-state index in [0.29, 0.717) is 46.8 Å². The van der Waals surface area contributed by atoms with Crippen LogP contribution in [0.2, 0.25) is 0 Å². The van der Waals surface area contributed by atoms with Crippen molar-refractivity contribution in [2.45, 2.75) is 26.2 Å². The lowest BCUT2D eigenvalue weighted by Crippen LogP contribution is -2.31. The molecule has 0 spiro atoms. The molecule has 42 heavy (non-hydrogen) atoms. The maximum atomic E-state index is 14.3. The lowest BCUT2D eigenvalue weighted by atomic mass is 10.1. The van der Waals surface area contributed by atoms with E-state index in [0.717, 1.165) is 0 Å². The molecule has 6 rings (SSSR count). The maximum absolute atomic E-state index is 14.3. The first kappa shape index (κ1) is 26.7. The van der Waals surface area contributed by atoms with Crippen molar-refractivity contribution in [1.29, 1.82) is 0 Å². The van der Waals surface area contributed by atoms with Crippen LogP contribution in [-0.4, -0.2) is 54.5 Å². The largest absolute Gasteiger partial charge is 0.465 e. The van der Waals surface area contributed by atoms with Crippen LogP contribution in [0.15, 0.2) is 72.1 Å². The van der Waals surface area contributed by atoms with Gasteiger partial charge in [-0.3, -0.25) is 9.69 Å². The number of tetrazole rings is 1. The van der Waals surface area contributed by atoms with Crippen LogP contribution in [-0.2, 0) is 40.6 Å². The SMILES string of the molecule is COC(=O)c1ccc(CO/N=C2/C(=O)N(Cc3nc4cc(F)ccc4n3CCn3cnnn3)c3ccc(F)cc32)cc1. The van der Waals surface area contributed by atoms with Gasteiger partial charge in [-0.1, -0.05) is 17.3 Å². The van der Waals surface area contributed by atoms with Crippen LogP contribution in [0.4, 0.5) is 14.5 Å². The van der Waals surface area contributed by atoms with Gasteiger partial charge >= 0.3 is 5.97 Å². The van der Waals surface area contributed by atoms with Crippen LogP contribution in [0.25, 0.3) is 11.0 Å². The van der Waals surface area contributed by atoms with Crippen LogP contribution < -0.4 is 4.90 Å². The molecule has 0 aliphatic carbocycles. The number of halogens is 2. The molecular weight excluding hydrogens is 550 g/mol. The molecule has 12 nitrogen and oxygen atoms in total. The second-order valence-electron chi connectivity index (χ2n) is 9.34. The number of nitrogens with zero attached hydrogens (tertiary/aromatic N) is 8. The summed E-state index contributed by atoms with van der Waals surface area (Å²) in [6.45, 7) is 0.790. The minimum atomic E-state index is -0.543. The summed E-state index contributed by atoms with van der Waals surface area (Å²) in [4.78, 5) is 36.8. The molecule has 1 aliphatic rings. The summed E-state index contributed by atoms with van der Waals surface area (Å²) in [6.07, 6.45) is 1.48. The van der Waals surface area contributed by atoms with Gasteiger partial charge in [0.25, 0.3) is 5.91 Å². The molecule has 14 heteroatoms. The van der Waals surface area contributed by atoms with Crippen LogP contribution in [0.3, 0.4) is 0 Å². The number of benzene rings is 3. The molecule has 3 aromatic carbocycles. The van der Waals surface area contributed by atoms with E-state index in [2.05, 4.69) is 25.7 Å². The van der Waals surface area contributed by atoms with E-state index < -0.39 is 23.5 Å². The highest BCUT2D eigenvalue weighted by Crippen LogP contribution is 2.32. The third-order valence-electron chi connectivity index (χ3n) is 6.75. The molecule has 0 radical (unpaired) electrons. The first-order chi connectivity index (χ1) is 20.4. The molecule has 0 saturated heterocycles. The van der Waals surface area contributed by atoms with Crippen molar-refractivity contribution < 1.29 is 27.9 Å². The first-order valence-electron chi connectivity index (χ1n) is 12.8. The van der Waals surface area contributed by atoms with E-state index in [9.17, 15) is 18.4 Å². The Morgan fingerprint density at radius 3 is 2.55 bits per heavy atom. The van der Waals surface area contributed by atoms with Crippen LogP contribution in [0, 0.1) is 11.6 Å². The number of carbonyl (C=O) groups is 2. The quantitative estimate of drug-likeness (QED) is 0.194. The van der Waals surface area contributed by atoms with Gasteiger partial charge in [0, 0.05) is 18.2 Å². The predicted octanol–water partition coefficient (Wildman–Crippen LogP) is 3.26. The summed E-state index contributed by atoms with van der Waals surface area (Å²) in [6, 6.07) is 14.8. The van der Waals surface area contributed by atoms with Gasteiger partial charge in [-0.05, 0) is 58.5 Å². The number of anilines is 1. The number of aryl methyl sites for hydroxylation is 2. The van der Waals surface area contributed by atoms with Gasteiger partial charge in [0.05, 0.1) is 42.5 Å². The number of methoxy groups -OCH3 is 1. The molecule has 0 N–H and O–H groups in total. The normalized spacial score (nSPS) is 13.6. The summed E-state index contributed by atoms with van der Waals surface area (Å²) in [5, 5.41) is 15.2. The second kappa shape index (κ2) is 11.2. The number of aromatic nitrogens is 6. The second-order valence-corrected chi connectivity index (χ2v) is 9.34. The number of oxime groups is 1. The van der Waals surface area contributed by atoms with Crippen LogP contribution in [0.1, 0.15) is 27.3 Å². The van der Waals surface area contributed by atoms with Gasteiger partial charge in [-0.15, -0.1) is 5.10 Å². The fraction of sp³-hybridized carbons (Fsp3) is 0.179. The third-order valence-corrected chi connectivity index (χ3v) is 6.75. The lowest BCUT2D eigenvalue weighted by Gasteiger charge is -2.18. The lowest BCUT2D eigenvalue weighted by molar-refractivity contribution is -0.112. The van der Waals surface area contributed by atoms with Crippen molar-refractivity contribution in [3.63, 3.8) is 0 Å². The maximum Gasteiger partial charge on any atom is 0.337 e. The molecule has 0 unspecified atom stereocenters. The monoisotopic (exact) mass is 572 g/mol. The standard InChI is InChI=1S/C28H22F2N8O4/c1-41-28(40)18-4-2-17(3-5-18)15-42-33-26-21-12-19(29)6-8-23(21)38(27(26)39)14-25-32-22-13-20(30)7-9-24(22)37(25)11-10-36-16-31-34-35-36/h2-9,12-13,16H,10-11,14-15H2,1H3/b33-26+. The van der Waals surface area contributed by atoms with Crippen LogP contribution >= 0.6 is 0 Å². The highest BCUT2D eigenvalue weighted by Gasteiger charge is 2.36. The van der Waals surface area contributed by atoms with E-state index in [4.69, 9.17) is 9.57 Å². The van der Waals surface area contributed by atoms with Crippen molar-refractivity contribution in [3.05, 3.63) is 101 Å². The zero-order valence-corrected chi connectivity index (χ0v) is 22.1. The van der Waals surface area contributed by atoms with E-state index in [1.165, 1.54) is 48.7 Å². The molecule has 212 valence electrons. The molecule has 1 aliphatic heterocycles. The Kier molecular flexibility index (Phi) is 7.09. The molecule has 0 atom stereocenters. The number of esters is 1. The average Bonchev–Trinajstić information content (AvgIpc) is 3.69. The van der Waals surface area contributed by atoms with Gasteiger partial charge in [0.2, 0.25) is 0 Å². The van der Waals surface area contributed by atoms with Gasteiger partial charge in [0.15, 0.2) is 5.71 Å². The third kappa shape index (κ3) is 5.16. The fourth-order valence-electron chi connectivity index (χ4n) is 4.71. The van der Waals surface area contributed by atoms with Crippen molar-refractivity contribution in [3.8, 4) is 0 Å². The number of hydrogen-bond donors (Lipinski definition) is 0. The Hall–Kier alpha value is -5.53. The van der Waals surface area contributed by atoms with Gasteiger partial charge in [-0.2, -0.15) is 0 Å². The Morgan fingerprint density at radius 2 is 1.79 bits per heavy atom. The van der Waals surface area contributed by atoms with Crippen molar-refractivity contribution in [1.82, 2.24) is 29.8 Å². The molecule has 0 saturated carbocycles. The molecule has 1 amide bonds. The number of fused-ring (bicyclic) bond motifs is 2. The first-order valence-corrected chi connectivity index (χ1v) is 12.8. The molecule has 0 fully saturated rings. The molecule has 3 heterocycles. The Labute approximate surface area is 236 Å². The zero-order valence-electron chi connectivity index (χ0n) is 22.1. The van der Waals surface area contributed by atoms with Crippen molar-refractivity contribution in [2.75, 3.05) is 12.0 Å². The minimum Gasteiger partial charge on any atom is -0.465 e. The van der Waals surface area contributed by atoms with E-state index in [1.54, 1.807) is 35.0 Å². The van der Waals surface area contributed by atoms with Gasteiger partial charge in [-0.25, -0.2) is 23.2 Å². The predicted molar refractivity (Wildman–Crippen MR) is 144 cm³/mol. The number of ether oxygens (including phenoxy) is 1. The summed E-state index contributed by atoms with van der Waals surface area (Å²) >= 11 is 0. The topological polar surface area (TPSA) is 130 Å². The van der Waals surface area contributed by atoms with Crippen molar-refractivity contribution >= 4 is 34.3 Å². The number of imidazole rings is 1. The zero-order chi connectivity index (χ0) is 29.2. The van der Waals surface area contributed by atoms with Gasteiger partial charge < -0.3 is 14.1 Å². The Balaban J connectivity index is 1.27. The number of amides is 1. The fourth-order valence-corrected chi connectivity index (χ4v) is 4.71. The summed E-state index contributed by atoms with van der Waals surface area (Å²) in [5.74, 6) is -1.49. The van der Waals surface area contributed by atoms with E-state index in [-0.39, 0.29) is 24.4 Å². The summed E-state index contributed by atoms with van der Waals surface area (Å²) < 4.78 is 36.4. The number of carbonyl (C=O) groups excluding carboxylic acids is 2. The Morgan fingerprint density at radius 1 is 1.00 bits per heavy atom. The highest BCUT2D eigenvalue weighted by molar-refractivity contribution is 6.54. The molecular formula is C28H22F2N8O4. The van der Waals surface area contributed by atoms with Crippen LogP contribution in [0.5, 0.6) is 0 Å². The molecule has 0 bridgehead atoms. The Bertz CT molecular complexity index is 1820. The highest BCUT2D eigenvalue weighted by atomic mass is 19.1. The molecule has 5 aromatic rings. The summed E-state index contributed by atoms with van der Waals surface area (Å²) in [7, 11) is 1.30. The minimum absolute atomic E-state index is 0.00137. The van der Waals surface area contributed by atoms with E-state index >= 15 is 0 Å². The molecule has 2 aromatic heterocycles. The number of rotatable bonds is 9. The summed E-state index contributed by atoms with van der Waals surface area (Å²) in [5.41, 5.74) is 2.78. The average molecular weight is 573 g/mol. The van der Waals surface area contributed by atoms with Gasteiger partial charge in [0.1, 0.15) is 30.4 Å². The van der Waals surface area contributed by atoms with E-state index in [1.807, 2.05) is 4.57 Å².